The highest BCUT2D eigenvalue weighted by molar-refractivity contribution is 8.01. The monoisotopic (exact) mass is 271 g/mol. The van der Waals surface area contributed by atoms with Gasteiger partial charge in [-0.15, -0.1) is 11.8 Å². The van der Waals surface area contributed by atoms with Gasteiger partial charge in [-0.2, -0.15) is 0 Å². The Hall–Kier alpha value is -0.220. The first-order valence-electron chi connectivity index (χ1n) is 7.08. The van der Waals surface area contributed by atoms with E-state index in [2.05, 4.69) is 12.2 Å². The second-order valence-corrected chi connectivity index (χ2v) is 7.87. The maximum atomic E-state index is 12.2. The number of rotatable bonds is 3. The summed E-state index contributed by atoms with van der Waals surface area (Å²) in [6.07, 6.45) is 5.85. The summed E-state index contributed by atoms with van der Waals surface area (Å²) >= 11 is 1.75. The normalized spacial score (nSPS) is 40.7. The Morgan fingerprint density at radius 3 is 2.61 bits per heavy atom. The van der Waals surface area contributed by atoms with Crippen LogP contribution in [0.2, 0.25) is 0 Å². The Bertz CT molecular complexity index is 305. The molecule has 0 aromatic carbocycles. The van der Waals surface area contributed by atoms with Gasteiger partial charge in [0, 0.05) is 6.54 Å². The van der Waals surface area contributed by atoms with E-state index in [1.165, 1.54) is 0 Å². The molecule has 1 amide bonds. The van der Waals surface area contributed by atoms with Crippen LogP contribution < -0.4 is 5.32 Å². The molecule has 3 nitrogen and oxygen atoms in total. The molecule has 0 spiro atoms. The summed E-state index contributed by atoms with van der Waals surface area (Å²) in [4.78, 5) is 12.2. The maximum absolute atomic E-state index is 12.2. The van der Waals surface area contributed by atoms with Gasteiger partial charge in [0.2, 0.25) is 5.91 Å². The molecule has 0 radical (unpaired) electrons. The van der Waals surface area contributed by atoms with E-state index < -0.39 is 5.60 Å². The van der Waals surface area contributed by atoms with E-state index in [1.54, 1.807) is 11.8 Å². The maximum Gasteiger partial charge on any atom is 0.236 e. The van der Waals surface area contributed by atoms with Gasteiger partial charge in [-0.25, -0.2) is 0 Å². The molecule has 1 saturated heterocycles. The first kappa shape index (κ1) is 14.2. The molecule has 0 bridgehead atoms. The van der Waals surface area contributed by atoms with Crippen LogP contribution in [0.25, 0.3) is 0 Å². The van der Waals surface area contributed by atoms with Crippen molar-refractivity contribution in [3.8, 4) is 0 Å². The predicted octanol–water partition coefficient (Wildman–Crippen LogP) is 2.33. The highest BCUT2D eigenvalue weighted by atomic mass is 32.2. The van der Waals surface area contributed by atoms with Crippen LogP contribution in [0, 0.1) is 5.92 Å². The summed E-state index contributed by atoms with van der Waals surface area (Å²) in [5.41, 5.74) is -0.665. The molecule has 104 valence electrons. The number of amides is 1. The van der Waals surface area contributed by atoms with Gasteiger partial charge in [-0.05, 0) is 57.1 Å². The Balaban J connectivity index is 1.82. The molecule has 2 N–H and O–H groups in total. The first-order valence-corrected chi connectivity index (χ1v) is 8.07. The number of carbonyl (C=O) groups is 1. The molecule has 4 heteroatoms. The lowest BCUT2D eigenvalue weighted by atomic mass is 9.79. The second-order valence-electron chi connectivity index (χ2n) is 6.27. The number of nitrogens with one attached hydrogen (secondary N) is 1. The number of thioether (sulfide) groups is 1. The van der Waals surface area contributed by atoms with E-state index in [1.807, 2.05) is 6.92 Å². The molecule has 1 atom stereocenters. The van der Waals surface area contributed by atoms with E-state index in [4.69, 9.17) is 0 Å². The third kappa shape index (κ3) is 3.21. The van der Waals surface area contributed by atoms with Crippen LogP contribution in [0.5, 0.6) is 0 Å². The average Bonchev–Trinajstić information content (AvgIpc) is 2.79. The van der Waals surface area contributed by atoms with Crippen LogP contribution in [-0.4, -0.2) is 33.7 Å². The summed E-state index contributed by atoms with van der Waals surface area (Å²) in [7, 11) is 0. The zero-order valence-corrected chi connectivity index (χ0v) is 12.3. The lowest BCUT2D eigenvalue weighted by Crippen LogP contribution is -2.49. The quantitative estimate of drug-likeness (QED) is 0.828. The van der Waals surface area contributed by atoms with Gasteiger partial charge in [-0.3, -0.25) is 4.79 Å². The van der Waals surface area contributed by atoms with Crippen molar-refractivity contribution in [2.45, 2.75) is 62.7 Å². The van der Waals surface area contributed by atoms with E-state index in [0.717, 1.165) is 44.3 Å². The number of hydrogen-bond donors (Lipinski definition) is 2. The molecule has 1 aliphatic carbocycles. The third-order valence-corrected chi connectivity index (χ3v) is 6.00. The molecular formula is C14H25NO2S. The minimum atomic E-state index is -0.665. The van der Waals surface area contributed by atoms with Gasteiger partial charge in [-0.1, -0.05) is 6.92 Å². The minimum Gasteiger partial charge on any atom is -0.388 e. The summed E-state index contributed by atoms with van der Waals surface area (Å²) in [5.74, 6) is 1.90. The van der Waals surface area contributed by atoms with E-state index in [0.29, 0.717) is 12.5 Å². The predicted molar refractivity (Wildman–Crippen MR) is 75.7 cm³/mol. The molecule has 2 rings (SSSR count). The standard InChI is InChI=1S/C14H25NO2S/c1-11-4-7-14(17,8-5-11)10-15-12(16)13(2)6-3-9-18-13/h11,17H,3-10H2,1-2H3,(H,15,16). The van der Waals surface area contributed by atoms with Crippen molar-refractivity contribution in [2.75, 3.05) is 12.3 Å². The van der Waals surface area contributed by atoms with Gasteiger partial charge in [0.1, 0.15) is 0 Å². The Kier molecular flexibility index (Phi) is 4.27. The molecule has 0 aromatic heterocycles. The van der Waals surface area contributed by atoms with Crippen LogP contribution in [0.3, 0.4) is 0 Å². The van der Waals surface area contributed by atoms with Crippen molar-refractivity contribution in [1.29, 1.82) is 0 Å². The van der Waals surface area contributed by atoms with Crippen LogP contribution in [0.4, 0.5) is 0 Å². The van der Waals surface area contributed by atoms with Gasteiger partial charge >= 0.3 is 0 Å². The molecule has 0 aromatic rings. The van der Waals surface area contributed by atoms with E-state index >= 15 is 0 Å². The summed E-state index contributed by atoms with van der Waals surface area (Å²) in [6, 6.07) is 0. The summed E-state index contributed by atoms with van der Waals surface area (Å²) in [6.45, 7) is 4.68. The Morgan fingerprint density at radius 1 is 1.39 bits per heavy atom. The van der Waals surface area contributed by atoms with Crippen molar-refractivity contribution >= 4 is 17.7 Å². The molecule has 1 heterocycles. The number of carbonyl (C=O) groups excluding carboxylic acids is 1. The smallest absolute Gasteiger partial charge is 0.236 e. The lowest BCUT2D eigenvalue weighted by molar-refractivity contribution is -0.124. The fourth-order valence-electron chi connectivity index (χ4n) is 2.87. The minimum absolute atomic E-state index is 0.108. The molecule has 1 aliphatic heterocycles. The van der Waals surface area contributed by atoms with Crippen molar-refractivity contribution in [3.63, 3.8) is 0 Å². The van der Waals surface area contributed by atoms with E-state index in [9.17, 15) is 9.90 Å². The van der Waals surface area contributed by atoms with E-state index in [-0.39, 0.29) is 10.7 Å². The van der Waals surface area contributed by atoms with Gasteiger partial charge in [0.15, 0.2) is 0 Å². The lowest BCUT2D eigenvalue weighted by Gasteiger charge is -2.35. The number of hydrogen-bond acceptors (Lipinski definition) is 3. The molecule has 2 fully saturated rings. The highest BCUT2D eigenvalue weighted by Gasteiger charge is 2.39. The van der Waals surface area contributed by atoms with Crippen molar-refractivity contribution in [2.24, 2.45) is 5.92 Å². The summed E-state index contributed by atoms with van der Waals surface area (Å²) in [5, 5.41) is 13.4. The van der Waals surface area contributed by atoms with Crippen LogP contribution in [0.1, 0.15) is 52.4 Å². The fourth-order valence-corrected chi connectivity index (χ4v) is 4.10. The molecule has 1 unspecified atom stereocenters. The topological polar surface area (TPSA) is 49.3 Å². The Labute approximate surface area is 114 Å². The van der Waals surface area contributed by atoms with Crippen LogP contribution in [-0.2, 0) is 4.79 Å². The zero-order valence-electron chi connectivity index (χ0n) is 11.5. The molecule has 18 heavy (non-hydrogen) atoms. The second kappa shape index (κ2) is 5.41. The van der Waals surface area contributed by atoms with Gasteiger partial charge in [0.05, 0.1) is 10.3 Å². The molecular weight excluding hydrogens is 246 g/mol. The van der Waals surface area contributed by atoms with Crippen molar-refractivity contribution < 1.29 is 9.90 Å². The average molecular weight is 271 g/mol. The Morgan fingerprint density at radius 2 is 2.06 bits per heavy atom. The summed E-state index contributed by atoms with van der Waals surface area (Å²) < 4.78 is -0.266. The molecule has 2 aliphatic rings. The van der Waals surface area contributed by atoms with Crippen LogP contribution in [0.15, 0.2) is 0 Å². The fraction of sp³-hybridized carbons (Fsp3) is 0.929. The SMILES string of the molecule is CC1CCC(O)(CNC(=O)C2(C)CCCS2)CC1. The third-order valence-electron chi connectivity index (χ3n) is 4.48. The van der Waals surface area contributed by atoms with Crippen LogP contribution >= 0.6 is 11.8 Å². The van der Waals surface area contributed by atoms with Crippen molar-refractivity contribution in [3.05, 3.63) is 0 Å². The highest BCUT2D eigenvalue weighted by Crippen LogP contribution is 2.38. The zero-order chi connectivity index (χ0) is 13.2. The van der Waals surface area contributed by atoms with Gasteiger partial charge < -0.3 is 10.4 Å². The number of aliphatic hydroxyl groups is 1. The van der Waals surface area contributed by atoms with Crippen molar-refractivity contribution in [1.82, 2.24) is 5.32 Å². The first-order chi connectivity index (χ1) is 8.44. The van der Waals surface area contributed by atoms with Gasteiger partial charge in [0.25, 0.3) is 0 Å². The molecule has 1 saturated carbocycles. The largest absolute Gasteiger partial charge is 0.388 e.